The lowest BCUT2D eigenvalue weighted by atomic mass is 9.98. The van der Waals surface area contributed by atoms with E-state index in [1.54, 1.807) is 0 Å². The zero-order valence-electron chi connectivity index (χ0n) is 8.04. The molecule has 0 aliphatic heterocycles. The van der Waals surface area contributed by atoms with Gasteiger partial charge in [0, 0.05) is 17.5 Å². The van der Waals surface area contributed by atoms with Crippen molar-refractivity contribution in [3.8, 4) is 0 Å². The van der Waals surface area contributed by atoms with E-state index < -0.39 is 0 Å². The van der Waals surface area contributed by atoms with Crippen LogP contribution in [-0.2, 0) is 0 Å². The largest absolute Gasteiger partial charge is 0.396 e. The zero-order chi connectivity index (χ0) is 10.1. The standard InChI is InChI=1S/C12H14ClO/c1-8(7-14)10-4-5-12(13)11(6-10)9-2-3-9/h4-6,8-9,14H,1-3,7H2. The van der Waals surface area contributed by atoms with Crippen LogP contribution in [-0.4, -0.2) is 11.7 Å². The first kappa shape index (κ1) is 10.0. The molecule has 1 radical (unpaired) electrons. The summed E-state index contributed by atoms with van der Waals surface area (Å²) in [6.45, 7) is 3.97. The molecule has 1 atom stereocenters. The molecule has 14 heavy (non-hydrogen) atoms. The Balaban J connectivity index is 2.30. The lowest BCUT2D eigenvalue weighted by Gasteiger charge is -2.11. The first-order chi connectivity index (χ1) is 6.72. The van der Waals surface area contributed by atoms with Crippen LogP contribution in [0.5, 0.6) is 0 Å². The topological polar surface area (TPSA) is 20.2 Å². The summed E-state index contributed by atoms with van der Waals surface area (Å²) >= 11 is 6.10. The van der Waals surface area contributed by atoms with Crippen molar-refractivity contribution in [2.45, 2.75) is 24.7 Å². The van der Waals surface area contributed by atoms with Gasteiger partial charge in [-0.1, -0.05) is 23.7 Å². The van der Waals surface area contributed by atoms with Crippen LogP contribution in [0.15, 0.2) is 18.2 Å². The van der Waals surface area contributed by atoms with E-state index in [4.69, 9.17) is 16.7 Å². The van der Waals surface area contributed by atoms with Gasteiger partial charge in [0.15, 0.2) is 0 Å². The van der Waals surface area contributed by atoms with Gasteiger partial charge in [0.25, 0.3) is 0 Å². The second-order valence-electron chi connectivity index (χ2n) is 3.93. The number of aliphatic hydroxyl groups is 1. The van der Waals surface area contributed by atoms with Gasteiger partial charge < -0.3 is 5.11 Å². The molecule has 1 unspecified atom stereocenters. The van der Waals surface area contributed by atoms with Gasteiger partial charge in [0.2, 0.25) is 0 Å². The van der Waals surface area contributed by atoms with Gasteiger partial charge in [-0.25, -0.2) is 0 Å². The second kappa shape index (κ2) is 3.92. The monoisotopic (exact) mass is 209 g/mol. The van der Waals surface area contributed by atoms with Crippen LogP contribution < -0.4 is 0 Å². The third-order valence-electron chi connectivity index (χ3n) is 2.73. The lowest BCUT2D eigenvalue weighted by molar-refractivity contribution is 0.282. The number of halogens is 1. The van der Waals surface area contributed by atoms with Crippen molar-refractivity contribution in [1.29, 1.82) is 0 Å². The Morgan fingerprint density at radius 1 is 1.50 bits per heavy atom. The fourth-order valence-electron chi connectivity index (χ4n) is 1.63. The summed E-state index contributed by atoms with van der Waals surface area (Å²) in [7, 11) is 0. The second-order valence-corrected chi connectivity index (χ2v) is 4.34. The summed E-state index contributed by atoms with van der Waals surface area (Å²) in [5.74, 6) is 0.609. The normalized spacial score (nSPS) is 18.2. The van der Waals surface area contributed by atoms with Crippen molar-refractivity contribution in [2.24, 2.45) is 0 Å². The van der Waals surface area contributed by atoms with E-state index in [-0.39, 0.29) is 12.5 Å². The minimum Gasteiger partial charge on any atom is -0.396 e. The molecule has 0 spiro atoms. The van der Waals surface area contributed by atoms with Crippen molar-refractivity contribution in [1.82, 2.24) is 0 Å². The maximum Gasteiger partial charge on any atom is 0.0499 e. The molecule has 75 valence electrons. The van der Waals surface area contributed by atoms with Gasteiger partial charge in [0.1, 0.15) is 0 Å². The molecular weight excluding hydrogens is 196 g/mol. The van der Waals surface area contributed by atoms with Crippen LogP contribution >= 0.6 is 11.6 Å². The molecule has 0 heterocycles. The molecule has 1 aromatic rings. The Kier molecular flexibility index (Phi) is 2.80. The Morgan fingerprint density at radius 3 is 2.79 bits per heavy atom. The summed E-state index contributed by atoms with van der Waals surface area (Å²) in [5, 5.41) is 9.86. The molecule has 2 rings (SSSR count). The van der Waals surface area contributed by atoms with E-state index >= 15 is 0 Å². The molecule has 0 bridgehead atoms. The van der Waals surface area contributed by atoms with Crippen LogP contribution in [0.1, 0.15) is 35.8 Å². The van der Waals surface area contributed by atoms with Crippen LogP contribution in [0, 0.1) is 6.92 Å². The fraction of sp³-hybridized carbons (Fsp3) is 0.417. The summed E-state index contributed by atoms with van der Waals surface area (Å²) < 4.78 is 0. The number of aliphatic hydroxyl groups excluding tert-OH is 1. The van der Waals surface area contributed by atoms with Gasteiger partial charge in [-0.05, 0) is 42.9 Å². The molecule has 0 aromatic heterocycles. The van der Waals surface area contributed by atoms with E-state index in [0.717, 1.165) is 10.6 Å². The van der Waals surface area contributed by atoms with Crippen molar-refractivity contribution in [3.63, 3.8) is 0 Å². The number of hydrogen-bond acceptors (Lipinski definition) is 1. The van der Waals surface area contributed by atoms with Gasteiger partial charge >= 0.3 is 0 Å². The predicted molar refractivity (Wildman–Crippen MR) is 58.6 cm³/mol. The lowest BCUT2D eigenvalue weighted by Crippen LogP contribution is -2.00. The average molecular weight is 210 g/mol. The highest BCUT2D eigenvalue weighted by Gasteiger charge is 2.26. The maximum absolute atomic E-state index is 9.01. The highest BCUT2D eigenvalue weighted by Crippen LogP contribution is 2.43. The first-order valence-electron chi connectivity index (χ1n) is 4.95. The van der Waals surface area contributed by atoms with Gasteiger partial charge in [-0.2, -0.15) is 0 Å². The van der Waals surface area contributed by atoms with E-state index in [1.165, 1.54) is 18.4 Å². The highest BCUT2D eigenvalue weighted by molar-refractivity contribution is 6.31. The van der Waals surface area contributed by atoms with Crippen molar-refractivity contribution in [2.75, 3.05) is 6.61 Å². The predicted octanol–water partition coefficient (Wildman–Crippen LogP) is 3.13. The zero-order valence-corrected chi connectivity index (χ0v) is 8.80. The van der Waals surface area contributed by atoms with Gasteiger partial charge in [-0.15, -0.1) is 0 Å². The molecule has 1 aromatic carbocycles. The van der Waals surface area contributed by atoms with Crippen LogP contribution in [0.25, 0.3) is 0 Å². The van der Waals surface area contributed by atoms with Crippen molar-refractivity contribution >= 4 is 11.6 Å². The van der Waals surface area contributed by atoms with Crippen LogP contribution in [0.2, 0.25) is 5.02 Å². The Labute approximate surface area is 89.7 Å². The van der Waals surface area contributed by atoms with Crippen LogP contribution in [0.3, 0.4) is 0 Å². The average Bonchev–Trinajstić information content (AvgIpc) is 3.01. The SMILES string of the molecule is [CH2]C(CO)c1ccc(Cl)c(C2CC2)c1. The molecule has 0 saturated heterocycles. The molecule has 2 heteroatoms. The molecule has 1 aliphatic carbocycles. The molecule has 1 fully saturated rings. The van der Waals surface area contributed by atoms with Gasteiger partial charge in [0.05, 0.1) is 0 Å². The molecular formula is C12H14ClO. The molecule has 0 amide bonds. The molecule has 1 saturated carbocycles. The van der Waals surface area contributed by atoms with Gasteiger partial charge in [-0.3, -0.25) is 0 Å². The summed E-state index contributed by atoms with van der Waals surface area (Å²) in [5.41, 5.74) is 2.31. The first-order valence-corrected chi connectivity index (χ1v) is 5.33. The summed E-state index contributed by atoms with van der Waals surface area (Å²) in [6.07, 6.45) is 2.48. The minimum atomic E-state index is -0.0373. The molecule has 1 nitrogen and oxygen atoms in total. The molecule has 1 N–H and O–H groups in total. The van der Waals surface area contributed by atoms with E-state index in [2.05, 4.69) is 13.0 Å². The fourth-order valence-corrected chi connectivity index (χ4v) is 1.90. The van der Waals surface area contributed by atoms with Crippen molar-refractivity contribution < 1.29 is 5.11 Å². The summed E-state index contributed by atoms with van der Waals surface area (Å²) in [4.78, 5) is 0. The summed E-state index contributed by atoms with van der Waals surface area (Å²) in [6, 6.07) is 5.95. The van der Waals surface area contributed by atoms with E-state index in [9.17, 15) is 0 Å². The quantitative estimate of drug-likeness (QED) is 0.811. The van der Waals surface area contributed by atoms with E-state index in [0.29, 0.717) is 5.92 Å². The van der Waals surface area contributed by atoms with Crippen LogP contribution in [0.4, 0.5) is 0 Å². The number of rotatable bonds is 3. The third kappa shape index (κ3) is 1.94. The Hall–Kier alpha value is -0.530. The van der Waals surface area contributed by atoms with E-state index in [1.807, 2.05) is 12.1 Å². The van der Waals surface area contributed by atoms with Crippen molar-refractivity contribution in [3.05, 3.63) is 41.3 Å². The third-order valence-corrected chi connectivity index (χ3v) is 3.07. The minimum absolute atomic E-state index is 0.0373. The molecule has 1 aliphatic rings. The Morgan fingerprint density at radius 2 is 2.21 bits per heavy atom. The Bertz CT molecular complexity index is 331. The highest BCUT2D eigenvalue weighted by atomic mass is 35.5. The number of hydrogen-bond donors (Lipinski definition) is 1. The maximum atomic E-state index is 9.01. The number of benzene rings is 1. The smallest absolute Gasteiger partial charge is 0.0499 e.